The molecule has 0 unspecified atom stereocenters. The molecule has 0 aliphatic carbocycles. The molecular formula is C16H26AlBrO. The zero-order valence-electron chi connectivity index (χ0n) is 13.3. The molecule has 0 amide bonds. The van der Waals surface area contributed by atoms with Gasteiger partial charge in [0.15, 0.2) is 0 Å². The summed E-state index contributed by atoms with van der Waals surface area (Å²) in [6, 6.07) is 6.56. The van der Waals surface area contributed by atoms with E-state index in [0.717, 1.165) is 11.0 Å². The molecule has 0 bridgehead atoms. The Morgan fingerprint density at radius 2 is 1.42 bits per heavy atom. The predicted molar refractivity (Wildman–Crippen MR) is 89.6 cm³/mol. The van der Waals surface area contributed by atoms with Crippen LogP contribution >= 0.6 is 14.1 Å². The third-order valence-electron chi connectivity index (χ3n) is 3.20. The second-order valence-electron chi connectivity index (χ2n) is 7.12. The molecule has 3 heteroatoms. The Kier molecular flexibility index (Phi) is 5.58. The van der Waals surface area contributed by atoms with E-state index < -0.39 is 12.7 Å². The van der Waals surface area contributed by atoms with Crippen molar-refractivity contribution >= 4 is 26.7 Å². The van der Waals surface area contributed by atoms with E-state index in [9.17, 15) is 0 Å². The zero-order chi connectivity index (χ0) is 14.8. The number of rotatable bonds is 3. The van der Waals surface area contributed by atoms with Crippen molar-refractivity contribution in [2.45, 2.75) is 64.6 Å². The lowest BCUT2D eigenvalue weighted by Gasteiger charge is -2.31. The van der Waals surface area contributed by atoms with Gasteiger partial charge in [-0.3, -0.25) is 0 Å². The molecule has 1 aromatic rings. The number of hydrogen-bond acceptors (Lipinski definition) is 1. The molecule has 0 aliphatic rings. The van der Waals surface area contributed by atoms with E-state index in [4.69, 9.17) is 3.79 Å². The van der Waals surface area contributed by atoms with Crippen molar-refractivity contribution in [1.29, 1.82) is 0 Å². The topological polar surface area (TPSA) is 9.23 Å². The van der Waals surface area contributed by atoms with E-state index in [0.29, 0.717) is 0 Å². The molecule has 0 fully saturated rings. The van der Waals surface area contributed by atoms with Gasteiger partial charge in [0.2, 0.25) is 0 Å². The smallest absolute Gasteiger partial charge is 0.634 e. The summed E-state index contributed by atoms with van der Waals surface area (Å²) in [5.41, 5.74) is 2.83. The first kappa shape index (κ1) is 17.1. The van der Waals surface area contributed by atoms with Crippen LogP contribution in [-0.2, 0) is 10.8 Å². The Bertz CT molecular complexity index is 397. The minimum Gasteiger partial charge on any atom is -0.634 e. The summed E-state index contributed by atoms with van der Waals surface area (Å²) in [7, 11) is 0. The molecule has 1 aromatic carbocycles. The van der Waals surface area contributed by atoms with Gasteiger partial charge < -0.3 is 3.79 Å². The maximum absolute atomic E-state index is 6.33. The normalized spacial score (nSPS) is 12.4. The van der Waals surface area contributed by atoms with Crippen LogP contribution in [-0.4, -0.2) is 12.7 Å². The van der Waals surface area contributed by atoms with Crippen molar-refractivity contribution in [2.24, 2.45) is 0 Å². The highest BCUT2D eigenvalue weighted by molar-refractivity contribution is 9.24. The molecule has 19 heavy (non-hydrogen) atoms. The molecule has 1 rings (SSSR count). The SMILES string of the molecule is C[CH2][Al]([Br])[O]c1c(C(C)(C)C)cccc1C(C)(C)C. The highest BCUT2D eigenvalue weighted by Gasteiger charge is 2.28. The van der Waals surface area contributed by atoms with Crippen molar-refractivity contribution in [1.82, 2.24) is 0 Å². The molecule has 0 N–H and O–H groups in total. The van der Waals surface area contributed by atoms with E-state index in [2.05, 4.69) is 80.7 Å². The fourth-order valence-electron chi connectivity index (χ4n) is 2.06. The van der Waals surface area contributed by atoms with Crippen LogP contribution in [0.15, 0.2) is 18.2 Å². The fourth-order valence-corrected chi connectivity index (χ4v) is 3.29. The maximum atomic E-state index is 6.33. The van der Waals surface area contributed by atoms with Crippen LogP contribution in [0, 0.1) is 0 Å². The lowest BCUT2D eigenvalue weighted by molar-refractivity contribution is 0.491. The van der Waals surface area contributed by atoms with E-state index in [1.54, 1.807) is 0 Å². The van der Waals surface area contributed by atoms with E-state index in [1.807, 2.05) is 0 Å². The lowest BCUT2D eigenvalue weighted by Crippen LogP contribution is -2.23. The van der Waals surface area contributed by atoms with Gasteiger partial charge in [0.25, 0.3) is 0 Å². The molecule has 106 valence electrons. The van der Waals surface area contributed by atoms with Gasteiger partial charge in [0.1, 0.15) is 0 Å². The van der Waals surface area contributed by atoms with Crippen molar-refractivity contribution in [3.8, 4) is 5.75 Å². The number of benzene rings is 1. The van der Waals surface area contributed by atoms with Gasteiger partial charge in [-0.1, -0.05) is 66.7 Å². The second kappa shape index (κ2) is 6.21. The van der Waals surface area contributed by atoms with Crippen molar-refractivity contribution in [2.75, 3.05) is 0 Å². The van der Waals surface area contributed by atoms with Crippen molar-refractivity contribution < 1.29 is 3.79 Å². The Labute approximate surface area is 130 Å². The van der Waals surface area contributed by atoms with E-state index in [-0.39, 0.29) is 10.8 Å². The molecule has 0 radical (unpaired) electrons. The van der Waals surface area contributed by atoms with Crippen LogP contribution < -0.4 is 3.79 Å². The molecule has 0 aliphatic heterocycles. The first-order valence-electron chi connectivity index (χ1n) is 7.02. The molecule has 0 saturated carbocycles. The van der Waals surface area contributed by atoms with Gasteiger partial charge in [0.05, 0.1) is 5.75 Å². The summed E-state index contributed by atoms with van der Waals surface area (Å²) in [4.78, 5) is 0. The number of hydrogen-bond donors (Lipinski definition) is 0. The Balaban J connectivity index is 3.41. The van der Waals surface area contributed by atoms with E-state index >= 15 is 0 Å². The highest BCUT2D eigenvalue weighted by atomic mass is 79.9. The van der Waals surface area contributed by atoms with Crippen LogP contribution in [0.1, 0.15) is 59.6 Å². The summed E-state index contributed by atoms with van der Waals surface area (Å²) in [5.74, 6) is 1.11. The monoisotopic (exact) mass is 340 g/mol. The first-order chi connectivity index (χ1) is 8.57. The Morgan fingerprint density at radius 3 is 1.74 bits per heavy atom. The maximum Gasteiger partial charge on any atom is 0.643 e. The summed E-state index contributed by atoms with van der Waals surface area (Å²) in [6.45, 7) is 15.7. The quantitative estimate of drug-likeness (QED) is 0.654. The first-order valence-corrected chi connectivity index (χ1v) is 11.5. The predicted octanol–water partition coefficient (Wildman–Crippen LogP) is 5.56. The molecule has 0 heterocycles. The van der Waals surface area contributed by atoms with Crippen LogP contribution in [0.25, 0.3) is 0 Å². The number of para-hydroxylation sites is 1. The minimum atomic E-state index is -1.30. The van der Waals surface area contributed by atoms with Gasteiger partial charge >= 0.3 is 12.7 Å². The lowest BCUT2D eigenvalue weighted by atomic mass is 9.80. The number of halogens is 1. The standard InChI is InChI=1S/C14H22O.C2H5.Al.BrH/c1-13(2,3)10-8-7-9-11(12(10)15)14(4,5)6;1-2;;/h7-9,15H,1-6H3;1H2,2H3;;1H/q;;+2;/p-2. The Hall–Kier alpha value is 0.0325. The second-order valence-corrected chi connectivity index (χ2v) is 12.1. The van der Waals surface area contributed by atoms with Gasteiger partial charge in [-0.05, 0) is 27.2 Å². The van der Waals surface area contributed by atoms with Gasteiger partial charge in [-0.2, -0.15) is 14.1 Å². The van der Waals surface area contributed by atoms with Crippen LogP contribution in [0.3, 0.4) is 0 Å². The van der Waals surface area contributed by atoms with Crippen molar-refractivity contribution in [3.05, 3.63) is 29.3 Å². The molecule has 1 nitrogen and oxygen atoms in total. The summed E-state index contributed by atoms with van der Waals surface area (Å²) in [6.07, 6.45) is 0. The van der Waals surface area contributed by atoms with Gasteiger partial charge in [0, 0.05) is 0 Å². The average Bonchev–Trinajstić information content (AvgIpc) is 2.26. The molecule has 0 spiro atoms. The minimum absolute atomic E-state index is 0.103. The van der Waals surface area contributed by atoms with Gasteiger partial charge in [-0.25, -0.2) is 0 Å². The zero-order valence-corrected chi connectivity index (χ0v) is 16.0. The highest BCUT2D eigenvalue weighted by Crippen LogP contribution is 2.40. The molecular weight excluding hydrogens is 315 g/mol. The summed E-state index contributed by atoms with van der Waals surface area (Å²) < 4.78 is 6.33. The average molecular weight is 341 g/mol. The Morgan fingerprint density at radius 1 is 1.00 bits per heavy atom. The molecule has 0 aromatic heterocycles. The summed E-state index contributed by atoms with van der Waals surface area (Å²) in [5, 5.41) is 1.09. The van der Waals surface area contributed by atoms with Gasteiger partial charge in [-0.15, -0.1) is 0 Å². The molecule has 0 atom stereocenters. The third kappa shape index (κ3) is 4.52. The van der Waals surface area contributed by atoms with Crippen LogP contribution in [0.2, 0.25) is 5.28 Å². The van der Waals surface area contributed by atoms with Crippen molar-refractivity contribution in [3.63, 3.8) is 0 Å². The van der Waals surface area contributed by atoms with Crippen LogP contribution in [0.5, 0.6) is 5.75 Å². The molecule has 0 saturated heterocycles. The fraction of sp³-hybridized carbons (Fsp3) is 0.625. The van der Waals surface area contributed by atoms with E-state index in [1.165, 1.54) is 11.1 Å². The van der Waals surface area contributed by atoms with Crippen LogP contribution in [0.4, 0.5) is 0 Å². The third-order valence-corrected chi connectivity index (χ3v) is 6.83. The largest absolute Gasteiger partial charge is 0.643 e. The summed E-state index contributed by atoms with van der Waals surface area (Å²) >= 11 is 2.44.